The Balaban J connectivity index is 1.57. The molecule has 3 rings (SSSR count). The summed E-state index contributed by atoms with van der Waals surface area (Å²) in [6.07, 6.45) is 0.969. The van der Waals surface area contributed by atoms with Crippen molar-refractivity contribution >= 4 is 21.6 Å². The summed E-state index contributed by atoms with van der Waals surface area (Å²) in [5.74, 6) is 0.417. The maximum absolute atomic E-state index is 12.2. The molecular formula is C22H28N2O4S. The van der Waals surface area contributed by atoms with Gasteiger partial charge in [0.1, 0.15) is 0 Å². The number of carbonyl (C=O) groups is 1. The summed E-state index contributed by atoms with van der Waals surface area (Å²) in [7, 11) is -3.23. The van der Waals surface area contributed by atoms with Gasteiger partial charge in [0.15, 0.2) is 9.84 Å². The van der Waals surface area contributed by atoms with E-state index in [2.05, 4.69) is 16.3 Å². The highest BCUT2D eigenvalue weighted by Gasteiger charge is 2.22. The first-order valence-corrected chi connectivity index (χ1v) is 11.5. The highest BCUT2D eigenvalue weighted by molar-refractivity contribution is 7.92. The Morgan fingerprint density at radius 3 is 2.38 bits per heavy atom. The summed E-state index contributed by atoms with van der Waals surface area (Å²) >= 11 is 0. The van der Waals surface area contributed by atoms with Crippen LogP contribution in [0.15, 0.2) is 53.4 Å². The molecule has 1 aliphatic heterocycles. The molecule has 1 amide bonds. The first-order chi connectivity index (χ1) is 13.8. The van der Waals surface area contributed by atoms with Crippen molar-refractivity contribution in [2.75, 3.05) is 18.4 Å². The van der Waals surface area contributed by atoms with E-state index in [9.17, 15) is 13.2 Å². The topological polar surface area (TPSA) is 86.7 Å². The van der Waals surface area contributed by atoms with Crippen molar-refractivity contribution in [3.8, 4) is 0 Å². The van der Waals surface area contributed by atoms with E-state index in [4.69, 9.17) is 5.11 Å². The van der Waals surface area contributed by atoms with Gasteiger partial charge in [-0.05, 0) is 81.1 Å². The molecule has 0 atom stereocenters. The minimum Gasteiger partial charge on any atom is -0.465 e. The van der Waals surface area contributed by atoms with Crippen LogP contribution in [0.5, 0.6) is 0 Å². The van der Waals surface area contributed by atoms with Crippen molar-refractivity contribution in [3.05, 3.63) is 59.7 Å². The molecule has 2 aromatic rings. The Bertz CT molecular complexity index is 947. The molecule has 0 unspecified atom stereocenters. The van der Waals surface area contributed by atoms with E-state index in [0.717, 1.165) is 38.0 Å². The molecule has 1 saturated heterocycles. The van der Waals surface area contributed by atoms with Gasteiger partial charge in [-0.3, -0.25) is 10.2 Å². The molecule has 1 heterocycles. The molecule has 6 nitrogen and oxygen atoms in total. The van der Waals surface area contributed by atoms with Crippen LogP contribution < -0.4 is 5.32 Å². The van der Waals surface area contributed by atoms with E-state index < -0.39 is 21.2 Å². The molecule has 0 bridgehead atoms. The van der Waals surface area contributed by atoms with Crippen LogP contribution in [-0.2, 0) is 16.4 Å². The monoisotopic (exact) mass is 416 g/mol. The first kappa shape index (κ1) is 21.3. The number of likely N-dealkylation sites (tertiary alicyclic amines) is 1. The third kappa shape index (κ3) is 5.36. The van der Waals surface area contributed by atoms with E-state index in [1.54, 1.807) is 32.0 Å². The molecular weight excluding hydrogens is 388 g/mol. The fraction of sp³-hybridized carbons (Fsp3) is 0.409. The van der Waals surface area contributed by atoms with Crippen molar-refractivity contribution in [2.24, 2.45) is 0 Å². The zero-order valence-corrected chi connectivity index (χ0v) is 17.7. The van der Waals surface area contributed by atoms with E-state index >= 15 is 0 Å². The molecule has 2 aromatic carbocycles. The summed E-state index contributed by atoms with van der Waals surface area (Å²) in [5, 5.41) is 10.9. The lowest BCUT2D eigenvalue weighted by Crippen LogP contribution is -2.32. The van der Waals surface area contributed by atoms with E-state index in [1.165, 1.54) is 5.56 Å². The second-order valence-electron chi connectivity index (χ2n) is 7.84. The summed E-state index contributed by atoms with van der Waals surface area (Å²) in [4.78, 5) is 13.6. The molecule has 0 saturated carbocycles. The average molecular weight is 417 g/mol. The molecule has 2 N–H and O–H groups in total. The number of anilines is 1. The number of piperidine rings is 1. The van der Waals surface area contributed by atoms with Gasteiger partial charge in [0.05, 0.1) is 10.1 Å². The van der Waals surface area contributed by atoms with Crippen LogP contribution in [0.2, 0.25) is 0 Å². The Labute approximate surface area is 172 Å². The van der Waals surface area contributed by atoms with Crippen molar-refractivity contribution in [3.63, 3.8) is 0 Å². The maximum Gasteiger partial charge on any atom is 0.409 e. The molecule has 7 heteroatoms. The molecule has 1 aliphatic rings. The van der Waals surface area contributed by atoms with Crippen molar-refractivity contribution in [1.82, 2.24) is 4.90 Å². The van der Waals surface area contributed by atoms with Crippen LogP contribution >= 0.6 is 0 Å². The minimum atomic E-state index is -3.23. The smallest absolute Gasteiger partial charge is 0.409 e. The largest absolute Gasteiger partial charge is 0.465 e. The van der Waals surface area contributed by atoms with Gasteiger partial charge < -0.3 is 5.11 Å². The lowest BCUT2D eigenvalue weighted by atomic mass is 9.89. The van der Waals surface area contributed by atoms with Gasteiger partial charge in [0.2, 0.25) is 0 Å². The number of carboxylic acid groups (broad SMARTS) is 1. The van der Waals surface area contributed by atoms with Gasteiger partial charge in [0, 0.05) is 12.2 Å². The number of nitrogens with zero attached hydrogens (tertiary/aromatic N) is 1. The van der Waals surface area contributed by atoms with Crippen LogP contribution in [0, 0.1) is 0 Å². The van der Waals surface area contributed by atoms with E-state index in [0.29, 0.717) is 16.5 Å². The average Bonchev–Trinajstić information content (AvgIpc) is 2.68. The van der Waals surface area contributed by atoms with E-state index in [-0.39, 0.29) is 0 Å². The Hall–Kier alpha value is -2.38. The van der Waals surface area contributed by atoms with Crippen LogP contribution in [-0.4, -0.2) is 42.9 Å². The standard InChI is InChI=1S/C22H28N2O4S/c1-16(2)29(27,28)21-8-6-17(7-9-21)15-24-12-10-18(11-13-24)19-4-3-5-20(14-19)23-22(25)26/h3-9,14,16,18,23H,10-13,15H2,1-2H3,(H,25,26). The fourth-order valence-corrected chi connectivity index (χ4v) is 4.79. The number of nitrogens with one attached hydrogen (secondary N) is 1. The van der Waals surface area contributed by atoms with Gasteiger partial charge in [-0.2, -0.15) is 0 Å². The number of hydrogen-bond acceptors (Lipinski definition) is 4. The predicted octanol–water partition coefficient (Wildman–Crippen LogP) is 4.34. The van der Waals surface area contributed by atoms with Crippen molar-refractivity contribution < 1.29 is 18.3 Å². The fourth-order valence-electron chi connectivity index (χ4n) is 3.73. The number of rotatable bonds is 6. The summed E-state index contributed by atoms with van der Waals surface area (Å²) in [6.45, 7) is 6.09. The highest BCUT2D eigenvalue weighted by atomic mass is 32.2. The SMILES string of the molecule is CC(C)S(=O)(=O)c1ccc(CN2CCC(c3cccc(NC(=O)O)c3)CC2)cc1. The number of benzene rings is 2. The van der Waals surface area contributed by atoms with Crippen LogP contribution in [0.3, 0.4) is 0 Å². The number of sulfone groups is 1. The Morgan fingerprint density at radius 2 is 1.79 bits per heavy atom. The predicted molar refractivity (Wildman–Crippen MR) is 114 cm³/mol. The molecule has 0 radical (unpaired) electrons. The second-order valence-corrected chi connectivity index (χ2v) is 10.3. The maximum atomic E-state index is 12.2. The molecule has 29 heavy (non-hydrogen) atoms. The molecule has 0 aromatic heterocycles. The van der Waals surface area contributed by atoms with Gasteiger partial charge >= 0.3 is 6.09 Å². The summed E-state index contributed by atoms with van der Waals surface area (Å²) < 4.78 is 24.5. The van der Waals surface area contributed by atoms with Crippen molar-refractivity contribution in [2.45, 2.75) is 49.3 Å². The zero-order chi connectivity index (χ0) is 21.0. The third-order valence-electron chi connectivity index (χ3n) is 5.48. The van der Waals surface area contributed by atoms with Gasteiger partial charge in [-0.1, -0.05) is 24.3 Å². The summed E-state index contributed by atoms with van der Waals surface area (Å²) in [6, 6.07) is 14.8. The van der Waals surface area contributed by atoms with Crippen LogP contribution in [0.1, 0.15) is 43.7 Å². The highest BCUT2D eigenvalue weighted by Crippen LogP contribution is 2.30. The lowest BCUT2D eigenvalue weighted by molar-refractivity contribution is 0.204. The minimum absolute atomic E-state index is 0.379. The first-order valence-electron chi connectivity index (χ1n) is 9.91. The quantitative estimate of drug-likeness (QED) is 0.732. The zero-order valence-electron chi connectivity index (χ0n) is 16.8. The van der Waals surface area contributed by atoms with Gasteiger partial charge in [-0.25, -0.2) is 13.2 Å². The van der Waals surface area contributed by atoms with Crippen molar-refractivity contribution in [1.29, 1.82) is 0 Å². The number of amides is 1. The molecule has 0 aliphatic carbocycles. The van der Waals surface area contributed by atoms with E-state index in [1.807, 2.05) is 24.3 Å². The molecule has 156 valence electrons. The van der Waals surface area contributed by atoms with Crippen LogP contribution in [0.4, 0.5) is 10.5 Å². The second kappa shape index (κ2) is 8.97. The third-order valence-corrected chi connectivity index (χ3v) is 7.65. The van der Waals surface area contributed by atoms with Gasteiger partial charge in [0.25, 0.3) is 0 Å². The Morgan fingerprint density at radius 1 is 1.14 bits per heavy atom. The normalized spacial score (nSPS) is 16.1. The van der Waals surface area contributed by atoms with Gasteiger partial charge in [-0.15, -0.1) is 0 Å². The summed E-state index contributed by atoms with van der Waals surface area (Å²) in [5.41, 5.74) is 2.88. The molecule has 0 spiro atoms. The number of hydrogen-bond donors (Lipinski definition) is 2. The lowest BCUT2D eigenvalue weighted by Gasteiger charge is -2.32. The molecule has 1 fully saturated rings. The Kier molecular flexibility index (Phi) is 6.59. The van der Waals surface area contributed by atoms with Crippen LogP contribution in [0.25, 0.3) is 0 Å².